The van der Waals surface area contributed by atoms with Crippen LogP contribution in [0.25, 0.3) is 11.0 Å². The van der Waals surface area contributed by atoms with Crippen LogP contribution in [0.15, 0.2) is 24.3 Å². The molecule has 1 saturated heterocycles. The molecule has 2 aromatic rings. The lowest BCUT2D eigenvalue weighted by Gasteiger charge is -2.34. The maximum Gasteiger partial charge on any atom is 0.449 e. The molecular formula is C20H26F3N3O. The lowest BCUT2D eigenvalue weighted by molar-refractivity contribution is -0.147. The molecule has 1 fully saturated rings. The SMILES string of the molecule is CCC(CC)C(=O)N1CCC(Cn2c(C(F)(F)F)nc3ccccc32)CC1. The van der Waals surface area contributed by atoms with Crippen molar-refractivity contribution in [1.82, 2.24) is 14.5 Å². The number of para-hydroxylation sites is 2. The number of alkyl halides is 3. The van der Waals surface area contributed by atoms with E-state index in [0.29, 0.717) is 24.1 Å². The molecule has 0 radical (unpaired) electrons. The van der Waals surface area contributed by atoms with Crippen molar-refractivity contribution in [2.24, 2.45) is 11.8 Å². The molecule has 27 heavy (non-hydrogen) atoms. The van der Waals surface area contributed by atoms with E-state index in [1.807, 2.05) is 18.7 Å². The van der Waals surface area contributed by atoms with Crippen molar-refractivity contribution in [3.05, 3.63) is 30.1 Å². The molecule has 3 rings (SSSR count). The average molecular weight is 381 g/mol. The fourth-order valence-corrected chi connectivity index (χ4v) is 3.97. The van der Waals surface area contributed by atoms with Gasteiger partial charge in [-0.2, -0.15) is 13.2 Å². The van der Waals surface area contributed by atoms with Gasteiger partial charge in [-0.25, -0.2) is 4.98 Å². The summed E-state index contributed by atoms with van der Waals surface area (Å²) in [7, 11) is 0. The van der Waals surface area contributed by atoms with E-state index in [1.54, 1.807) is 24.3 Å². The smallest absolute Gasteiger partial charge is 0.342 e. The highest BCUT2D eigenvalue weighted by atomic mass is 19.4. The molecule has 0 saturated carbocycles. The number of benzene rings is 1. The van der Waals surface area contributed by atoms with Gasteiger partial charge in [0.15, 0.2) is 0 Å². The lowest BCUT2D eigenvalue weighted by atomic mass is 9.94. The van der Waals surface area contributed by atoms with E-state index in [1.165, 1.54) is 4.57 Å². The first-order valence-electron chi connectivity index (χ1n) is 9.66. The predicted octanol–water partition coefficient (Wildman–Crippen LogP) is 4.73. The summed E-state index contributed by atoms with van der Waals surface area (Å²) in [5, 5.41) is 0. The monoisotopic (exact) mass is 381 g/mol. The minimum atomic E-state index is -4.48. The van der Waals surface area contributed by atoms with Gasteiger partial charge in [0, 0.05) is 25.6 Å². The van der Waals surface area contributed by atoms with E-state index < -0.39 is 12.0 Å². The van der Waals surface area contributed by atoms with Crippen LogP contribution < -0.4 is 0 Å². The number of halogens is 3. The van der Waals surface area contributed by atoms with Crippen LogP contribution in [0.5, 0.6) is 0 Å². The van der Waals surface area contributed by atoms with E-state index in [4.69, 9.17) is 0 Å². The number of hydrogen-bond donors (Lipinski definition) is 0. The molecular weight excluding hydrogens is 355 g/mol. The Kier molecular flexibility index (Phi) is 5.77. The van der Waals surface area contributed by atoms with Crippen molar-refractivity contribution in [3.63, 3.8) is 0 Å². The zero-order chi connectivity index (χ0) is 19.6. The number of rotatable bonds is 5. The molecule has 1 amide bonds. The molecule has 1 aliphatic heterocycles. The van der Waals surface area contributed by atoms with Gasteiger partial charge in [0.05, 0.1) is 11.0 Å². The number of nitrogens with zero attached hydrogens (tertiary/aromatic N) is 3. The molecule has 1 aromatic heterocycles. The number of carbonyl (C=O) groups excluding carboxylic acids is 1. The number of amides is 1. The van der Waals surface area contributed by atoms with Gasteiger partial charge in [-0.15, -0.1) is 0 Å². The Bertz CT molecular complexity index is 787. The normalized spacial score (nSPS) is 16.4. The predicted molar refractivity (Wildman–Crippen MR) is 98.1 cm³/mol. The van der Waals surface area contributed by atoms with Gasteiger partial charge in [-0.05, 0) is 43.7 Å². The summed E-state index contributed by atoms with van der Waals surface area (Å²) in [5.74, 6) is -0.493. The minimum Gasteiger partial charge on any atom is -0.342 e. The molecule has 0 spiro atoms. The Balaban J connectivity index is 1.73. The van der Waals surface area contributed by atoms with Gasteiger partial charge >= 0.3 is 6.18 Å². The van der Waals surface area contributed by atoms with Gasteiger partial charge in [-0.3, -0.25) is 4.79 Å². The number of likely N-dealkylation sites (tertiary alicyclic amines) is 1. The van der Waals surface area contributed by atoms with Gasteiger partial charge < -0.3 is 9.47 Å². The minimum absolute atomic E-state index is 0.0518. The van der Waals surface area contributed by atoms with Crippen LogP contribution in [0, 0.1) is 11.8 Å². The Morgan fingerprint density at radius 1 is 1.19 bits per heavy atom. The summed E-state index contributed by atoms with van der Waals surface area (Å²) in [6.45, 7) is 5.55. The second-order valence-corrected chi connectivity index (χ2v) is 7.31. The highest BCUT2D eigenvalue weighted by Gasteiger charge is 2.38. The van der Waals surface area contributed by atoms with E-state index in [-0.39, 0.29) is 24.3 Å². The van der Waals surface area contributed by atoms with Crippen LogP contribution >= 0.6 is 0 Å². The highest BCUT2D eigenvalue weighted by Crippen LogP contribution is 2.33. The zero-order valence-electron chi connectivity index (χ0n) is 15.8. The summed E-state index contributed by atoms with van der Waals surface area (Å²) in [6, 6.07) is 6.72. The van der Waals surface area contributed by atoms with Gasteiger partial charge in [0.1, 0.15) is 0 Å². The number of hydrogen-bond acceptors (Lipinski definition) is 2. The third-order valence-electron chi connectivity index (χ3n) is 5.61. The van der Waals surface area contributed by atoms with Crippen LogP contribution in [-0.2, 0) is 17.5 Å². The average Bonchev–Trinajstić information content (AvgIpc) is 3.02. The molecule has 0 aliphatic carbocycles. The summed E-state index contributed by atoms with van der Waals surface area (Å²) < 4.78 is 41.6. The molecule has 1 aromatic carbocycles. The van der Waals surface area contributed by atoms with E-state index in [0.717, 1.165) is 25.7 Å². The van der Waals surface area contributed by atoms with E-state index in [9.17, 15) is 18.0 Å². The summed E-state index contributed by atoms with van der Waals surface area (Å²) >= 11 is 0. The summed E-state index contributed by atoms with van der Waals surface area (Å²) in [5.41, 5.74) is 0.881. The van der Waals surface area contributed by atoms with Crippen LogP contribution in [-0.4, -0.2) is 33.4 Å². The van der Waals surface area contributed by atoms with Crippen LogP contribution in [0.2, 0.25) is 0 Å². The first-order valence-corrected chi connectivity index (χ1v) is 9.66. The summed E-state index contributed by atoms with van der Waals surface area (Å²) in [6.07, 6.45) is -1.40. The van der Waals surface area contributed by atoms with Crippen molar-refractivity contribution in [2.45, 2.75) is 52.3 Å². The highest BCUT2D eigenvalue weighted by molar-refractivity contribution is 5.79. The van der Waals surface area contributed by atoms with Crippen molar-refractivity contribution in [2.75, 3.05) is 13.1 Å². The molecule has 148 valence electrons. The van der Waals surface area contributed by atoms with Gasteiger partial charge in [0.2, 0.25) is 11.7 Å². The van der Waals surface area contributed by atoms with Crippen LogP contribution in [0.4, 0.5) is 13.2 Å². The molecule has 2 heterocycles. The van der Waals surface area contributed by atoms with Crippen molar-refractivity contribution >= 4 is 16.9 Å². The van der Waals surface area contributed by atoms with E-state index in [2.05, 4.69) is 4.98 Å². The number of piperidine rings is 1. The molecule has 0 bridgehead atoms. The van der Waals surface area contributed by atoms with Crippen molar-refractivity contribution < 1.29 is 18.0 Å². The zero-order valence-corrected chi connectivity index (χ0v) is 15.8. The molecule has 1 aliphatic rings. The van der Waals surface area contributed by atoms with Crippen molar-refractivity contribution in [3.8, 4) is 0 Å². The van der Waals surface area contributed by atoms with Crippen molar-refractivity contribution in [1.29, 1.82) is 0 Å². The van der Waals surface area contributed by atoms with Gasteiger partial charge in [-0.1, -0.05) is 26.0 Å². The second-order valence-electron chi connectivity index (χ2n) is 7.31. The lowest BCUT2D eigenvalue weighted by Crippen LogP contribution is -2.42. The maximum absolute atomic E-state index is 13.4. The third-order valence-corrected chi connectivity index (χ3v) is 5.61. The summed E-state index contributed by atoms with van der Waals surface area (Å²) in [4.78, 5) is 18.2. The molecule has 0 atom stereocenters. The Labute approximate surface area is 157 Å². The van der Waals surface area contributed by atoms with Crippen LogP contribution in [0.3, 0.4) is 0 Å². The quantitative estimate of drug-likeness (QED) is 0.751. The molecule has 0 unspecified atom stereocenters. The first-order chi connectivity index (χ1) is 12.8. The number of imidazole rings is 1. The Morgan fingerprint density at radius 3 is 2.41 bits per heavy atom. The Morgan fingerprint density at radius 2 is 1.81 bits per heavy atom. The maximum atomic E-state index is 13.4. The van der Waals surface area contributed by atoms with E-state index >= 15 is 0 Å². The number of fused-ring (bicyclic) bond motifs is 1. The second kappa shape index (κ2) is 7.90. The van der Waals surface area contributed by atoms with Crippen LogP contribution in [0.1, 0.15) is 45.4 Å². The topological polar surface area (TPSA) is 38.1 Å². The molecule has 0 N–H and O–H groups in total. The molecule has 4 nitrogen and oxygen atoms in total. The fraction of sp³-hybridized carbons (Fsp3) is 0.600. The first kappa shape index (κ1) is 19.7. The Hall–Kier alpha value is -2.05. The van der Waals surface area contributed by atoms with Gasteiger partial charge in [0.25, 0.3) is 0 Å². The third kappa shape index (κ3) is 4.12. The number of carbonyl (C=O) groups is 1. The number of aromatic nitrogens is 2. The largest absolute Gasteiger partial charge is 0.449 e. The molecule has 7 heteroatoms. The standard InChI is InChI=1S/C20H26F3N3O/c1-3-15(4-2)18(27)25-11-9-14(10-12-25)13-26-17-8-6-5-7-16(17)24-19(26)20(21,22)23/h5-8,14-15H,3-4,9-13H2,1-2H3. The fourth-order valence-electron chi connectivity index (χ4n) is 3.97.